The fourth-order valence-electron chi connectivity index (χ4n) is 4.13. The minimum Gasteiger partial charge on any atom is -0.371 e. The molecule has 2 N–H and O–H groups in total. The Morgan fingerprint density at radius 1 is 1.03 bits per heavy atom. The molecule has 1 aliphatic rings. The van der Waals surface area contributed by atoms with Crippen molar-refractivity contribution < 1.29 is 9.59 Å². The summed E-state index contributed by atoms with van der Waals surface area (Å²) in [4.78, 5) is 30.5. The summed E-state index contributed by atoms with van der Waals surface area (Å²) in [6, 6.07) is 12.5. The van der Waals surface area contributed by atoms with Crippen LogP contribution in [-0.2, 0) is 0 Å². The number of nitrogens with one attached hydrogen (secondary N) is 2. The molecule has 0 atom stereocenters. The van der Waals surface area contributed by atoms with Gasteiger partial charge in [0.2, 0.25) is 0 Å². The Bertz CT molecular complexity index is 953. The molecule has 0 saturated carbocycles. The molecule has 0 spiro atoms. The fourth-order valence-corrected chi connectivity index (χ4v) is 4.35. The van der Waals surface area contributed by atoms with Crippen LogP contribution in [0, 0.1) is 5.92 Å². The lowest BCUT2D eigenvalue weighted by Crippen LogP contribution is -2.37. The summed E-state index contributed by atoms with van der Waals surface area (Å²) >= 11 is 6.18. The minimum absolute atomic E-state index is 0.121. The van der Waals surface area contributed by atoms with Crippen LogP contribution in [-0.4, -0.2) is 56.0 Å². The van der Waals surface area contributed by atoms with Crippen molar-refractivity contribution in [2.24, 2.45) is 5.92 Å². The smallest absolute Gasteiger partial charge is 0.257 e. The number of likely N-dealkylation sites (N-methyl/N-ethyl adjacent to an activating group) is 1. The number of piperidine rings is 1. The van der Waals surface area contributed by atoms with Crippen molar-refractivity contribution in [3.8, 4) is 0 Å². The second kappa shape index (κ2) is 12.1. The highest BCUT2D eigenvalue weighted by molar-refractivity contribution is 6.34. The summed E-state index contributed by atoms with van der Waals surface area (Å²) in [5.74, 6) is 0.277. The number of rotatable bonds is 9. The lowest BCUT2D eigenvalue weighted by Gasteiger charge is -2.33. The Labute approximate surface area is 202 Å². The third kappa shape index (κ3) is 6.71. The van der Waals surface area contributed by atoms with Crippen molar-refractivity contribution in [3.63, 3.8) is 0 Å². The SMILES string of the molecule is CCN(CC)CCNC(=O)c1cc(NC(=O)c2ccccc2Cl)ccc1N1CCC(C)CC1. The molecular formula is C26H35ClN4O2. The van der Waals surface area contributed by atoms with Gasteiger partial charge in [0.25, 0.3) is 11.8 Å². The number of nitrogens with zero attached hydrogens (tertiary/aromatic N) is 2. The third-order valence-corrected chi connectivity index (χ3v) is 6.68. The molecule has 1 saturated heterocycles. The van der Waals surface area contributed by atoms with Gasteiger partial charge in [-0.25, -0.2) is 0 Å². The molecule has 6 nitrogen and oxygen atoms in total. The Kier molecular flexibility index (Phi) is 9.15. The summed E-state index contributed by atoms with van der Waals surface area (Å²) in [7, 11) is 0. The zero-order valence-electron chi connectivity index (χ0n) is 19.9. The van der Waals surface area contributed by atoms with Gasteiger partial charge in [0, 0.05) is 37.6 Å². The van der Waals surface area contributed by atoms with Gasteiger partial charge in [0.05, 0.1) is 16.1 Å². The lowest BCUT2D eigenvalue weighted by atomic mass is 9.97. The van der Waals surface area contributed by atoms with E-state index in [4.69, 9.17) is 11.6 Å². The fraction of sp³-hybridized carbons (Fsp3) is 0.462. The summed E-state index contributed by atoms with van der Waals surface area (Å²) in [6.07, 6.45) is 2.21. The predicted molar refractivity (Wildman–Crippen MR) is 137 cm³/mol. The van der Waals surface area contributed by atoms with E-state index >= 15 is 0 Å². The van der Waals surface area contributed by atoms with Gasteiger partial charge in [0.1, 0.15) is 0 Å². The van der Waals surface area contributed by atoms with Crippen molar-refractivity contribution in [3.05, 3.63) is 58.6 Å². The number of hydrogen-bond acceptors (Lipinski definition) is 4. The zero-order chi connectivity index (χ0) is 23.8. The van der Waals surface area contributed by atoms with Crippen LogP contribution in [0.3, 0.4) is 0 Å². The average molecular weight is 471 g/mol. The summed E-state index contributed by atoms with van der Waals surface area (Å²) in [5, 5.41) is 6.35. The van der Waals surface area contributed by atoms with E-state index in [2.05, 4.69) is 41.2 Å². The Hall–Kier alpha value is -2.57. The largest absolute Gasteiger partial charge is 0.371 e. The first kappa shape index (κ1) is 25.1. The highest BCUT2D eigenvalue weighted by Gasteiger charge is 2.22. The molecule has 2 amide bonds. The number of carbonyl (C=O) groups is 2. The van der Waals surface area contributed by atoms with E-state index in [1.54, 1.807) is 30.3 Å². The first-order valence-corrected chi connectivity index (χ1v) is 12.3. The van der Waals surface area contributed by atoms with Crippen LogP contribution < -0.4 is 15.5 Å². The molecule has 0 bridgehead atoms. The molecule has 0 aliphatic carbocycles. The predicted octanol–water partition coefficient (Wildman–Crippen LogP) is 4.90. The first-order valence-electron chi connectivity index (χ1n) is 11.9. The maximum absolute atomic E-state index is 13.2. The van der Waals surface area contributed by atoms with Crippen molar-refractivity contribution in [2.75, 3.05) is 49.5 Å². The molecule has 0 aromatic heterocycles. The van der Waals surface area contributed by atoms with Gasteiger partial charge in [-0.05, 0) is 62.2 Å². The van der Waals surface area contributed by atoms with Gasteiger partial charge in [0.15, 0.2) is 0 Å². The van der Waals surface area contributed by atoms with Gasteiger partial charge >= 0.3 is 0 Å². The van der Waals surface area contributed by atoms with E-state index in [0.717, 1.165) is 51.3 Å². The number of amides is 2. The number of anilines is 2. The van der Waals surface area contributed by atoms with E-state index in [0.29, 0.717) is 34.3 Å². The van der Waals surface area contributed by atoms with Crippen molar-refractivity contribution in [2.45, 2.75) is 33.6 Å². The van der Waals surface area contributed by atoms with Crippen LogP contribution in [0.1, 0.15) is 54.3 Å². The molecule has 2 aromatic rings. The molecule has 1 heterocycles. The van der Waals surface area contributed by atoms with Gasteiger partial charge in [-0.3, -0.25) is 9.59 Å². The monoisotopic (exact) mass is 470 g/mol. The molecule has 1 fully saturated rings. The van der Waals surface area contributed by atoms with E-state index < -0.39 is 0 Å². The van der Waals surface area contributed by atoms with Crippen LogP contribution in [0.2, 0.25) is 5.02 Å². The highest BCUT2D eigenvalue weighted by Crippen LogP contribution is 2.29. The van der Waals surface area contributed by atoms with E-state index in [1.165, 1.54) is 0 Å². The number of benzene rings is 2. The van der Waals surface area contributed by atoms with E-state index in [9.17, 15) is 9.59 Å². The quantitative estimate of drug-likeness (QED) is 0.547. The first-order chi connectivity index (χ1) is 15.9. The molecule has 3 rings (SSSR count). The van der Waals surface area contributed by atoms with Gasteiger partial charge < -0.3 is 20.4 Å². The third-order valence-electron chi connectivity index (χ3n) is 6.35. The lowest BCUT2D eigenvalue weighted by molar-refractivity contribution is 0.0948. The van der Waals surface area contributed by atoms with Crippen LogP contribution >= 0.6 is 11.6 Å². The minimum atomic E-state index is -0.298. The summed E-state index contributed by atoms with van der Waals surface area (Å²) < 4.78 is 0. The molecule has 178 valence electrons. The molecule has 1 aliphatic heterocycles. The topological polar surface area (TPSA) is 64.7 Å². The van der Waals surface area contributed by atoms with Crippen molar-refractivity contribution in [1.29, 1.82) is 0 Å². The second-order valence-electron chi connectivity index (χ2n) is 8.62. The van der Waals surface area contributed by atoms with Crippen LogP contribution in [0.4, 0.5) is 11.4 Å². The zero-order valence-corrected chi connectivity index (χ0v) is 20.6. The summed E-state index contributed by atoms with van der Waals surface area (Å²) in [6.45, 7) is 11.6. The molecule has 0 radical (unpaired) electrons. The van der Waals surface area contributed by atoms with Gasteiger partial charge in [-0.15, -0.1) is 0 Å². The van der Waals surface area contributed by atoms with E-state index in [-0.39, 0.29) is 11.8 Å². The van der Waals surface area contributed by atoms with Crippen LogP contribution in [0.15, 0.2) is 42.5 Å². The molecule has 33 heavy (non-hydrogen) atoms. The van der Waals surface area contributed by atoms with Crippen LogP contribution in [0.25, 0.3) is 0 Å². The summed E-state index contributed by atoms with van der Waals surface area (Å²) in [5.41, 5.74) is 2.47. The molecule has 0 unspecified atom stereocenters. The van der Waals surface area contributed by atoms with Gasteiger partial charge in [-0.1, -0.05) is 44.5 Å². The van der Waals surface area contributed by atoms with Gasteiger partial charge in [-0.2, -0.15) is 0 Å². The molecule has 2 aromatic carbocycles. The standard InChI is InChI=1S/C26H35ClN4O2/c1-4-30(5-2)17-14-28-25(32)22-18-20(29-26(33)21-8-6-7-9-23(21)27)10-11-24(22)31-15-12-19(3)13-16-31/h6-11,18-19H,4-5,12-17H2,1-3H3,(H,28,32)(H,29,33). The maximum Gasteiger partial charge on any atom is 0.257 e. The normalized spacial score (nSPS) is 14.4. The Balaban J connectivity index is 1.81. The van der Waals surface area contributed by atoms with Crippen molar-refractivity contribution >= 4 is 34.8 Å². The Morgan fingerprint density at radius 3 is 2.39 bits per heavy atom. The maximum atomic E-state index is 13.2. The highest BCUT2D eigenvalue weighted by atomic mass is 35.5. The second-order valence-corrected chi connectivity index (χ2v) is 9.03. The number of carbonyl (C=O) groups excluding carboxylic acids is 2. The van der Waals surface area contributed by atoms with E-state index in [1.807, 2.05) is 12.1 Å². The van der Waals surface area contributed by atoms with Crippen LogP contribution in [0.5, 0.6) is 0 Å². The number of halogens is 1. The molecule has 7 heteroatoms. The number of hydrogen-bond donors (Lipinski definition) is 2. The van der Waals surface area contributed by atoms with Crippen molar-refractivity contribution in [1.82, 2.24) is 10.2 Å². The Morgan fingerprint density at radius 2 is 1.73 bits per heavy atom. The average Bonchev–Trinajstić information content (AvgIpc) is 2.82. The molecular weight excluding hydrogens is 436 g/mol.